The van der Waals surface area contributed by atoms with Crippen molar-refractivity contribution < 1.29 is 0 Å². The van der Waals surface area contributed by atoms with E-state index in [9.17, 15) is 0 Å². The zero-order valence-corrected chi connectivity index (χ0v) is 13.0. The van der Waals surface area contributed by atoms with Crippen LogP contribution in [0.2, 0.25) is 0 Å². The molecule has 1 aliphatic rings. The molecule has 0 amide bonds. The highest BCUT2D eigenvalue weighted by Crippen LogP contribution is 2.26. The molecule has 2 aromatic rings. The third-order valence-electron chi connectivity index (χ3n) is 4.08. The summed E-state index contributed by atoms with van der Waals surface area (Å²) in [5.74, 6) is 1.45. The standard InChI is InChI=1S/C16H23N5/c1-12(2)21-15(5-8-18-21)11-20-9-6-14(10-20)16-17-7-4-13(3)19-16/h4-5,7-8,12,14H,6,9-11H2,1-3H3. The second kappa shape index (κ2) is 5.93. The number of aromatic nitrogens is 4. The summed E-state index contributed by atoms with van der Waals surface area (Å²) in [5.41, 5.74) is 2.34. The van der Waals surface area contributed by atoms with Gasteiger partial charge in [0, 0.05) is 43.1 Å². The first-order valence-electron chi connectivity index (χ1n) is 7.68. The van der Waals surface area contributed by atoms with Gasteiger partial charge >= 0.3 is 0 Å². The van der Waals surface area contributed by atoms with E-state index in [0.717, 1.165) is 37.6 Å². The zero-order valence-electron chi connectivity index (χ0n) is 13.0. The van der Waals surface area contributed by atoms with Crippen LogP contribution < -0.4 is 0 Å². The summed E-state index contributed by atoms with van der Waals surface area (Å²) in [4.78, 5) is 11.5. The monoisotopic (exact) mass is 285 g/mol. The molecule has 0 bridgehead atoms. The largest absolute Gasteiger partial charge is 0.297 e. The molecule has 21 heavy (non-hydrogen) atoms. The molecule has 0 aromatic carbocycles. The molecular formula is C16H23N5. The number of nitrogens with zero attached hydrogens (tertiary/aromatic N) is 5. The molecule has 2 aromatic heterocycles. The van der Waals surface area contributed by atoms with Crippen molar-refractivity contribution in [2.24, 2.45) is 0 Å². The van der Waals surface area contributed by atoms with Gasteiger partial charge in [0.05, 0.1) is 5.69 Å². The molecule has 5 heteroatoms. The highest BCUT2D eigenvalue weighted by molar-refractivity contribution is 5.08. The van der Waals surface area contributed by atoms with Crippen LogP contribution in [0, 0.1) is 6.92 Å². The van der Waals surface area contributed by atoms with Crippen molar-refractivity contribution in [1.82, 2.24) is 24.6 Å². The lowest BCUT2D eigenvalue weighted by molar-refractivity contribution is 0.309. The molecule has 1 atom stereocenters. The van der Waals surface area contributed by atoms with Gasteiger partial charge in [0.25, 0.3) is 0 Å². The topological polar surface area (TPSA) is 46.8 Å². The predicted molar refractivity (Wildman–Crippen MR) is 82.0 cm³/mol. The third-order valence-corrected chi connectivity index (χ3v) is 4.08. The van der Waals surface area contributed by atoms with Crippen molar-refractivity contribution in [1.29, 1.82) is 0 Å². The highest BCUT2D eigenvalue weighted by Gasteiger charge is 2.26. The van der Waals surface area contributed by atoms with Crippen LogP contribution in [0.4, 0.5) is 0 Å². The summed E-state index contributed by atoms with van der Waals surface area (Å²) in [6.07, 6.45) is 4.90. The first-order chi connectivity index (χ1) is 10.1. The fourth-order valence-electron chi connectivity index (χ4n) is 3.01. The van der Waals surface area contributed by atoms with Gasteiger partial charge in [-0.2, -0.15) is 5.10 Å². The minimum atomic E-state index is 0.411. The van der Waals surface area contributed by atoms with Crippen molar-refractivity contribution in [3.05, 3.63) is 41.7 Å². The lowest BCUT2D eigenvalue weighted by Gasteiger charge is -2.18. The summed E-state index contributed by atoms with van der Waals surface area (Å²) in [6.45, 7) is 9.46. The van der Waals surface area contributed by atoms with Crippen molar-refractivity contribution in [3.8, 4) is 0 Å². The van der Waals surface area contributed by atoms with Crippen LogP contribution in [0.3, 0.4) is 0 Å². The van der Waals surface area contributed by atoms with Crippen LogP contribution in [0.25, 0.3) is 0 Å². The van der Waals surface area contributed by atoms with E-state index in [4.69, 9.17) is 0 Å². The van der Waals surface area contributed by atoms with E-state index in [1.165, 1.54) is 5.69 Å². The van der Waals surface area contributed by atoms with Crippen LogP contribution >= 0.6 is 0 Å². The van der Waals surface area contributed by atoms with E-state index in [2.05, 4.69) is 44.6 Å². The van der Waals surface area contributed by atoms with Gasteiger partial charge in [-0.15, -0.1) is 0 Å². The summed E-state index contributed by atoms with van der Waals surface area (Å²) in [7, 11) is 0. The molecule has 5 nitrogen and oxygen atoms in total. The Kier molecular flexibility index (Phi) is 4.01. The van der Waals surface area contributed by atoms with Crippen LogP contribution in [0.5, 0.6) is 0 Å². The fourth-order valence-corrected chi connectivity index (χ4v) is 3.01. The number of aryl methyl sites for hydroxylation is 1. The van der Waals surface area contributed by atoms with Gasteiger partial charge in [-0.25, -0.2) is 9.97 Å². The maximum atomic E-state index is 4.58. The lowest BCUT2D eigenvalue weighted by atomic mass is 10.1. The molecule has 1 fully saturated rings. The number of rotatable bonds is 4. The second-order valence-electron chi connectivity index (χ2n) is 6.14. The Balaban J connectivity index is 1.66. The lowest BCUT2D eigenvalue weighted by Crippen LogP contribution is -2.22. The Morgan fingerprint density at radius 3 is 2.90 bits per heavy atom. The number of hydrogen-bond acceptors (Lipinski definition) is 4. The summed E-state index contributed by atoms with van der Waals surface area (Å²) >= 11 is 0. The minimum absolute atomic E-state index is 0.411. The van der Waals surface area contributed by atoms with Crippen molar-refractivity contribution in [2.75, 3.05) is 13.1 Å². The Morgan fingerprint density at radius 1 is 1.29 bits per heavy atom. The summed E-state index contributed by atoms with van der Waals surface area (Å²) < 4.78 is 2.11. The zero-order chi connectivity index (χ0) is 14.8. The third kappa shape index (κ3) is 3.13. The van der Waals surface area contributed by atoms with Crippen LogP contribution in [-0.2, 0) is 6.54 Å². The molecule has 112 valence electrons. The molecule has 1 saturated heterocycles. The highest BCUT2D eigenvalue weighted by atomic mass is 15.3. The average molecular weight is 285 g/mol. The van der Waals surface area contributed by atoms with Gasteiger partial charge in [-0.3, -0.25) is 9.58 Å². The maximum Gasteiger partial charge on any atom is 0.132 e. The molecule has 1 unspecified atom stereocenters. The number of hydrogen-bond donors (Lipinski definition) is 0. The fraction of sp³-hybridized carbons (Fsp3) is 0.562. The van der Waals surface area contributed by atoms with E-state index in [1.54, 1.807) is 0 Å². The molecule has 3 heterocycles. The summed E-state index contributed by atoms with van der Waals surface area (Å²) in [6, 6.07) is 4.49. The SMILES string of the molecule is Cc1ccnc(C2CCN(Cc3ccnn3C(C)C)C2)n1. The molecule has 0 saturated carbocycles. The minimum Gasteiger partial charge on any atom is -0.297 e. The molecule has 1 aliphatic heterocycles. The van der Waals surface area contributed by atoms with E-state index in [-0.39, 0.29) is 0 Å². The Labute approximate surface area is 126 Å². The van der Waals surface area contributed by atoms with E-state index in [0.29, 0.717) is 12.0 Å². The number of likely N-dealkylation sites (tertiary alicyclic amines) is 1. The molecule has 0 aliphatic carbocycles. The van der Waals surface area contributed by atoms with Crippen molar-refractivity contribution in [2.45, 2.75) is 45.7 Å². The van der Waals surface area contributed by atoms with Gasteiger partial charge in [0.1, 0.15) is 5.82 Å². The molecule has 0 radical (unpaired) electrons. The average Bonchev–Trinajstić information content (AvgIpc) is 3.08. The van der Waals surface area contributed by atoms with Gasteiger partial charge in [-0.05, 0) is 45.9 Å². The van der Waals surface area contributed by atoms with Crippen LogP contribution in [0.15, 0.2) is 24.5 Å². The maximum absolute atomic E-state index is 4.58. The van der Waals surface area contributed by atoms with E-state index >= 15 is 0 Å². The van der Waals surface area contributed by atoms with Gasteiger partial charge in [0.15, 0.2) is 0 Å². The van der Waals surface area contributed by atoms with Crippen LogP contribution in [-0.4, -0.2) is 37.7 Å². The normalized spacial score (nSPS) is 19.5. The van der Waals surface area contributed by atoms with Gasteiger partial charge < -0.3 is 0 Å². The Morgan fingerprint density at radius 2 is 2.14 bits per heavy atom. The first kappa shape index (κ1) is 14.2. The van der Waals surface area contributed by atoms with E-state index in [1.807, 2.05) is 25.4 Å². The quantitative estimate of drug-likeness (QED) is 0.866. The van der Waals surface area contributed by atoms with Gasteiger partial charge in [0.2, 0.25) is 0 Å². The van der Waals surface area contributed by atoms with E-state index < -0.39 is 0 Å². The Hall–Kier alpha value is -1.75. The Bertz CT molecular complexity index is 604. The molecule has 3 rings (SSSR count). The van der Waals surface area contributed by atoms with Crippen molar-refractivity contribution in [3.63, 3.8) is 0 Å². The predicted octanol–water partition coefficient (Wildman–Crippen LogP) is 2.55. The first-order valence-corrected chi connectivity index (χ1v) is 7.68. The smallest absolute Gasteiger partial charge is 0.132 e. The van der Waals surface area contributed by atoms with Crippen molar-refractivity contribution >= 4 is 0 Å². The molecular weight excluding hydrogens is 262 g/mol. The molecule has 0 N–H and O–H groups in total. The van der Waals surface area contributed by atoms with Gasteiger partial charge in [-0.1, -0.05) is 0 Å². The van der Waals surface area contributed by atoms with Crippen LogP contribution in [0.1, 0.15) is 49.4 Å². The summed E-state index contributed by atoms with van der Waals surface area (Å²) in [5, 5.41) is 4.41. The second-order valence-corrected chi connectivity index (χ2v) is 6.14. The molecule has 0 spiro atoms.